The first-order chi connectivity index (χ1) is 15.0. The van der Waals surface area contributed by atoms with Crippen LogP contribution in [-0.2, 0) is 27.3 Å². The van der Waals surface area contributed by atoms with Crippen LogP contribution in [0, 0.1) is 13.8 Å². The van der Waals surface area contributed by atoms with Gasteiger partial charge in [0.25, 0.3) is 0 Å². The second kappa shape index (κ2) is 9.56. The van der Waals surface area contributed by atoms with Gasteiger partial charge in [0, 0.05) is 29.8 Å². The van der Waals surface area contributed by atoms with E-state index < -0.39 is 0 Å². The van der Waals surface area contributed by atoms with Crippen LogP contribution in [-0.4, -0.2) is 31.3 Å². The Morgan fingerprint density at radius 3 is 2.68 bits per heavy atom. The zero-order valence-electron chi connectivity index (χ0n) is 18.6. The molecule has 0 atom stereocenters. The Morgan fingerprint density at radius 1 is 1.13 bits per heavy atom. The smallest absolute Gasteiger partial charge is 0.305 e. The van der Waals surface area contributed by atoms with Crippen LogP contribution in [0.1, 0.15) is 53.1 Å². The lowest BCUT2D eigenvalue weighted by molar-refractivity contribution is -0.140. The third kappa shape index (κ3) is 4.93. The van der Waals surface area contributed by atoms with Gasteiger partial charge in [0.15, 0.2) is 0 Å². The molecular formula is C26H31NO4. The van der Waals surface area contributed by atoms with E-state index >= 15 is 0 Å². The van der Waals surface area contributed by atoms with Gasteiger partial charge in [0.1, 0.15) is 12.4 Å². The minimum absolute atomic E-state index is 0.194. The number of aromatic amines is 1. The van der Waals surface area contributed by atoms with E-state index in [1.807, 2.05) is 12.1 Å². The number of ether oxygens (including phenoxy) is 3. The number of esters is 1. The van der Waals surface area contributed by atoms with Crippen LogP contribution in [0.25, 0.3) is 10.9 Å². The van der Waals surface area contributed by atoms with E-state index in [0.717, 1.165) is 54.0 Å². The summed E-state index contributed by atoms with van der Waals surface area (Å²) in [6.07, 6.45) is 3.22. The summed E-state index contributed by atoms with van der Waals surface area (Å²) in [6, 6.07) is 12.8. The van der Waals surface area contributed by atoms with Crippen LogP contribution in [0.2, 0.25) is 0 Å². The van der Waals surface area contributed by atoms with Crippen molar-refractivity contribution in [3.05, 3.63) is 64.3 Å². The van der Waals surface area contributed by atoms with E-state index in [9.17, 15) is 4.79 Å². The van der Waals surface area contributed by atoms with Crippen molar-refractivity contribution in [2.45, 2.75) is 52.1 Å². The van der Waals surface area contributed by atoms with E-state index in [2.05, 4.69) is 43.1 Å². The summed E-state index contributed by atoms with van der Waals surface area (Å²) in [5, 5.41) is 1.13. The molecule has 31 heavy (non-hydrogen) atoms. The average molecular weight is 422 g/mol. The first-order valence-corrected chi connectivity index (χ1v) is 11.0. The average Bonchev–Trinajstić information content (AvgIpc) is 3.11. The molecule has 0 radical (unpaired) electrons. The Labute approximate surface area is 183 Å². The van der Waals surface area contributed by atoms with Crippen LogP contribution >= 0.6 is 0 Å². The van der Waals surface area contributed by atoms with Gasteiger partial charge in [0.2, 0.25) is 0 Å². The standard InChI is InChI=1S/C26H31NO4/c1-17-14-19(4-6-22(17)20-10-12-30-13-11-20)16-31-21-5-7-25-23(15-21)18(2)24(27-25)8-9-26(28)29-3/h4-7,14-15,20,27H,8-13,16H2,1-3H3. The zero-order valence-corrected chi connectivity index (χ0v) is 18.6. The highest BCUT2D eigenvalue weighted by molar-refractivity contribution is 5.86. The van der Waals surface area contributed by atoms with Gasteiger partial charge in [-0.2, -0.15) is 0 Å². The summed E-state index contributed by atoms with van der Waals surface area (Å²) in [7, 11) is 1.42. The van der Waals surface area contributed by atoms with Gasteiger partial charge in [-0.3, -0.25) is 4.79 Å². The molecule has 1 aliphatic rings. The monoisotopic (exact) mass is 421 g/mol. The first kappa shape index (κ1) is 21.4. The lowest BCUT2D eigenvalue weighted by Gasteiger charge is -2.24. The topological polar surface area (TPSA) is 60.6 Å². The molecule has 1 aromatic heterocycles. The largest absolute Gasteiger partial charge is 0.489 e. The summed E-state index contributed by atoms with van der Waals surface area (Å²) in [5.74, 6) is 1.26. The summed E-state index contributed by atoms with van der Waals surface area (Å²) in [6.45, 7) is 6.53. The van der Waals surface area contributed by atoms with E-state index in [-0.39, 0.29) is 5.97 Å². The fourth-order valence-electron chi connectivity index (χ4n) is 4.49. The SMILES string of the molecule is COC(=O)CCc1[nH]c2ccc(OCc3ccc(C4CCOCC4)c(C)c3)cc2c1C. The quantitative estimate of drug-likeness (QED) is 0.522. The summed E-state index contributed by atoms with van der Waals surface area (Å²) in [5.41, 5.74) is 7.23. The summed E-state index contributed by atoms with van der Waals surface area (Å²) >= 11 is 0. The molecular weight excluding hydrogens is 390 g/mol. The van der Waals surface area contributed by atoms with Crippen molar-refractivity contribution in [3.8, 4) is 5.75 Å². The maximum Gasteiger partial charge on any atom is 0.305 e. The van der Waals surface area contributed by atoms with Gasteiger partial charge in [-0.25, -0.2) is 0 Å². The molecule has 3 aromatic rings. The zero-order chi connectivity index (χ0) is 21.8. The summed E-state index contributed by atoms with van der Waals surface area (Å²) in [4.78, 5) is 14.9. The number of rotatable bonds is 7. The minimum Gasteiger partial charge on any atom is -0.489 e. The Morgan fingerprint density at radius 2 is 1.94 bits per heavy atom. The number of hydrogen-bond acceptors (Lipinski definition) is 4. The molecule has 0 spiro atoms. The van der Waals surface area contributed by atoms with Crippen LogP contribution in [0.4, 0.5) is 0 Å². The predicted octanol–water partition coefficient (Wildman–Crippen LogP) is 5.36. The lowest BCUT2D eigenvalue weighted by Crippen LogP contribution is -2.15. The van der Waals surface area contributed by atoms with Crippen molar-refractivity contribution < 1.29 is 19.0 Å². The van der Waals surface area contributed by atoms with Gasteiger partial charge in [-0.15, -0.1) is 0 Å². The molecule has 0 bridgehead atoms. The predicted molar refractivity (Wildman–Crippen MR) is 122 cm³/mol. The second-order valence-corrected chi connectivity index (χ2v) is 8.38. The Bertz CT molecular complexity index is 1060. The number of nitrogens with one attached hydrogen (secondary N) is 1. The molecule has 2 heterocycles. The minimum atomic E-state index is -0.194. The van der Waals surface area contributed by atoms with Crippen molar-refractivity contribution in [1.29, 1.82) is 0 Å². The molecule has 0 aliphatic carbocycles. The van der Waals surface area contributed by atoms with Crippen LogP contribution in [0.5, 0.6) is 5.75 Å². The first-order valence-electron chi connectivity index (χ1n) is 11.0. The van der Waals surface area contributed by atoms with Gasteiger partial charge in [-0.1, -0.05) is 18.2 Å². The third-order valence-corrected chi connectivity index (χ3v) is 6.34. The fourth-order valence-corrected chi connectivity index (χ4v) is 4.49. The molecule has 0 unspecified atom stereocenters. The van der Waals surface area contributed by atoms with E-state index in [1.165, 1.54) is 23.8 Å². The molecule has 0 saturated carbocycles. The molecule has 1 aliphatic heterocycles. The van der Waals surface area contributed by atoms with Gasteiger partial charge >= 0.3 is 5.97 Å². The van der Waals surface area contributed by atoms with Crippen LogP contribution < -0.4 is 4.74 Å². The molecule has 1 saturated heterocycles. The molecule has 5 heteroatoms. The number of H-pyrrole nitrogens is 1. The van der Waals surface area contributed by atoms with Crippen molar-refractivity contribution >= 4 is 16.9 Å². The molecule has 2 aromatic carbocycles. The van der Waals surface area contributed by atoms with Gasteiger partial charge < -0.3 is 19.2 Å². The highest BCUT2D eigenvalue weighted by atomic mass is 16.5. The number of methoxy groups -OCH3 is 1. The van der Waals surface area contributed by atoms with E-state index in [0.29, 0.717) is 25.4 Å². The molecule has 4 rings (SSSR count). The van der Waals surface area contributed by atoms with Crippen molar-refractivity contribution in [2.75, 3.05) is 20.3 Å². The molecule has 164 valence electrons. The van der Waals surface area contributed by atoms with E-state index in [4.69, 9.17) is 14.2 Å². The summed E-state index contributed by atoms with van der Waals surface area (Å²) < 4.78 is 16.4. The van der Waals surface area contributed by atoms with Crippen molar-refractivity contribution in [2.24, 2.45) is 0 Å². The van der Waals surface area contributed by atoms with Gasteiger partial charge in [-0.05, 0) is 79.5 Å². The molecule has 5 nitrogen and oxygen atoms in total. The number of fused-ring (bicyclic) bond motifs is 1. The Kier molecular flexibility index (Phi) is 6.62. The lowest BCUT2D eigenvalue weighted by atomic mass is 9.88. The van der Waals surface area contributed by atoms with E-state index in [1.54, 1.807) is 0 Å². The number of aromatic nitrogens is 1. The maximum atomic E-state index is 11.5. The highest BCUT2D eigenvalue weighted by Gasteiger charge is 2.18. The number of hydrogen-bond donors (Lipinski definition) is 1. The van der Waals surface area contributed by atoms with Crippen LogP contribution in [0.15, 0.2) is 36.4 Å². The van der Waals surface area contributed by atoms with Crippen molar-refractivity contribution in [1.82, 2.24) is 4.98 Å². The van der Waals surface area contributed by atoms with Crippen molar-refractivity contribution in [3.63, 3.8) is 0 Å². The third-order valence-electron chi connectivity index (χ3n) is 6.34. The molecule has 1 fully saturated rings. The molecule has 1 N–H and O–H groups in total. The highest BCUT2D eigenvalue weighted by Crippen LogP contribution is 2.30. The second-order valence-electron chi connectivity index (χ2n) is 8.38. The normalized spacial score (nSPS) is 14.7. The van der Waals surface area contributed by atoms with Crippen LogP contribution in [0.3, 0.4) is 0 Å². The fraction of sp³-hybridized carbons (Fsp3) is 0.423. The number of aryl methyl sites for hydroxylation is 3. The Balaban J connectivity index is 1.43. The number of benzene rings is 2. The number of carbonyl (C=O) groups is 1. The van der Waals surface area contributed by atoms with Gasteiger partial charge in [0.05, 0.1) is 13.5 Å². The Hall–Kier alpha value is -2.79. The maximum absolute atomic E-state index is 11.5. The molecule has 0 amide bonds. The number of carbonyl (C=O) groups excluding carboxylic acids is 1.